The first-order chi connectivity index (χ1) is 14.0. The van der Waals surface area contributed by atoms with Crippen LogP contribution in [-0.4, -0.2) is 35.0 Å². The average molecular weight is 410 g/mol. The highest BCUT2D eigenvalue weighted by Crippen LogP contribution is 2.30. The molecular weight excluding hydrogens is 382 g/mol. The number of nitrogens with two attached hydrogens (primary N) is 1. The number of amides is 1. The molecule has 152 valence electrons. The first-order valence-corrected chi connectivity index (χ1v) is 11.0. The van der Waals surface area contributed by atoms with E-state index in [1.54, 1.807) is 29.8 Å². The van der Waals surface area contributed by atoms with Crippen LogP contribution in [-0.2, 0) is 6.42 Å². The number of hydrogen-bond acceptors (Lipinski definition) is 6. The Morgan fingerprint density at radius 3 is 3.00 bits per heavy atom. The monoisotopic (exact) mass is 409 g/mol. The number of nitrogens with one attached hydrogen (secondary N) is 1. The molecule has 29 heavy (non-hydrogen) atoms. The lowest BCUT2D eigenvalue weighted by atomic mass is 9.96. The molecule has 0 aliphatic carbocycles. The van der Waals surface area contributed by atoms with E-state index in [1.165, 1.54) is 4.88 Å². The Morgan fingerprint density at radius 2 is 2.21 bits per heavy atom. The number of anilines is 2. The van der Waals surface area contributed by atoms with E-state index in [9.17, 15) is 4.79 Å². The lowest BCUT2D eigenvalue weighted by molar-refractivity contribution is 0.102. The average Bonchev–Trinajstić information content (AvgIpc) is 3.09. The first kappa shape index (κ1) is 19.8. The third-order valence-electron chi connectivity index (χ3n) is 5.23. The third-order valence-corrected chi connectivity index (χ3v) is 6.38. The minimum Gasteiger partial charge on any atom is -0.368 e. The lowest BCUT2D eigenvalue weighted by Crippen LogP contribution is -2.46. The molecule has 0 aromatic carbocycles. The van der Waals surface area contributed by atoms with Crippen molar-refractivity contribution in [2.24, 2.45) is 11.7 Å². The molecule has 0 saturated carbocycles. The number of hydrogen-bond donors (Lipinski definition) is 2. The topological polar surface area (TPSA) is 84.1 Å². The van der Waals surface area contributed by atoms with Gasteiger partial charge in [-0.3, -0.25) is 9.78 Å². The highest BCUT2D eigenvalue weighted by atomic mass is 32.1. The number of nitrogens with zero attached hydrogens (tertiary/aromatic N) is 3. The van der Waals surface area contributed by atoms with E-state index in [1.807, 2.05) is 12.1 Å². The zero-order valence-corrected chi connectivity index (χ0v) is 17.7. The standard InChI is InChI=1S/C22H27N5OS/c1-3-4-16-10-18-21(29-16)6-5-17(25-18)22(28)26-19-11-24-8-7-20(19)27-12-14(2)9-15(23)13-27/h5-8,10-11,14-15H,3-4,9,12-13,23H2,1-2H3,(H,26,28). The van der Waals surface area contributed by atoms with Crippen molar-refractivity contribution in [2.45, 2.75) is 39.2 Å². The summed E-state index contributed by atoms with van der Waals surface area (Å²) in [4.78, 5) is 25.2. The van der Waals surface area contributed by atoms with Crippen LogP contribution < -0.4 is 16.0 Å². The minimum atomic E-state index is -0.223. The van der Waals surface area contributed by atoms with Crippen molar-refractivity contribution in [3.05, 3.63) is 47.2 Å². The van der Waals surface area contributed by atoms with Gasteiger partial charge in [0.15, 0.2) is 0 Å². The fourth-order valence-electron chi connectivity index (χ4n) is 4.01. The lowest BCUT2D eigenvalue weighted by Gasteiger charge is -2.37. The molecule has 4 heterocycles. The Kier molecular flexibility index (Phi) is 5.78. The molecule has 1 aliphatic heterocycles. The molecule has 3 N–H and O–H groups in total. The van der Waals surface area contributed by atoms with Crippen LogP contribution in [0, 0.1) is 5.92 Å². The van der Waals surface area contributed by atoms with Crippen molar-refractivity contribution in [2.75, 3.05) is 23.3 Å². The number of pyridine rings is 2. The molecule has 2 atom stereocenters. The molecule has 1 amide bonds. The number of carbonyl (C=O) groups is 1. The first-order valence-electron chi connectivity index (χ1n) is 10.2. The summed E-state index contributed by atoms with van der Waals surface area (Å²) in [6.07, 6.45) is 6.61. The highest BCUT2D eigenvalue weighted by molar-refractivity contribution is 7.19. The van der Waals surface area contributed by atoms with Gasteiger partial charge in [-0.15, -0.1) is 11.3 Å². The van der Waals surface area contributed by atoms with Crippen LogP contribution in [0.5, 0.6) is 0 Å². The Morgan fingerprint density at radius 1 is 1.34 bits per heavy atom. The van der Waals surface area contributed by atoms with Crippen LogP contribution in [0.2, 0.25) is 0 Å². The van der Waals surface area contributed by atoms with Crippen LogP contribution in [0.15, 0.2) is 36.7 Å². The van der Waals surface area contributed by atoms with Crippen LogP contribution in [0.25, 0.3) is 10.2 Å². The third kappa shape index (κ3) is 4.41. The van der Waals surface area contributed by atoms with Gasteiger partial charge in [-0.25, -0.2) is 4.98 Å². The van der Waals surface area contributed by atoms with Gasteiger partial charge in [0.1, 0.15) is 5.69 Å². The molecule has 1 fully saturated rings. The second kappa shape index (κ2) is 8.47. The molecule has 1 saturated heterocycles. The Balaban J connectivity index is 1.56. The molecule has 7 heteroatoms. The summed E-state index contributed by atoms with van der Waals surface area (Å²) in [5, 5.41) is 3.01. The fraction of sp³-hybridized carbons (Fsp3) is 0.409. The summed E-state index contributed by atoms with van der Waals surface area (Å²) in [5.41, 5.74) is 9.16. The van der Waals surface area contributed by atoms with Crippen molar-refractivity contribution in [3.8, 4) is 0 Å². The predicted molar refractivity (Wildman–Crippen MR) is 120 cm³/mol. The summed E-state index contributed by atoms with van der Waals surface area (Å²) < 4.78 is 1.11. The number of rotatable bonds is 5. The maximum Gasteiger partial charge on any atom is 0.274 e. The number of carbonyl (C=O) groups excluding carboxylic acids is 1. The molecule has 0 bridgehead atoms. The number of fused-ring (bicyclic) bond motifs is 1. The van der Waals surface area contributed by atoms with Gasteiger partial charge >= 0.3 is 0 Å². The Labute approximate surface area is 175 Å². The second-order valence-electron chi connectivity index (χ2n) is 7.90. The highest BCUT2D eigenvalue weighted by Gasteiger charge is 2.24. The molecule has 3 aromatic rings. The van der Waals surface area contributed by atoms with Crippen molar-refractivity contribution >= 4 is 38.8 Å². The number of aromatic nitrogens is 2. The minimum absolute atomic E-state index is 0.135. The van der Waals surface area contributed by atoms with E-state index < -0.39 is 0 Å². The smallest absolute Gasteiger partial charge is 0.274 e. The molecular formula is C22H27N5OS. The molecule has 1 aliphatic rings. The van der Waals surface area contributed by atoms with Gasteiger partial charge in [0.05, 0.1) is 27.8 Å². The van der Waals surface area contributed by atoms with E-state index in [0.29, 0.717) is 17.3 Å². The fourth-order valence-corrected chi connectivity index (χ4v) is 5.12. The van der Waals surface area contributed by atoms with Gasteiger partial charge in [-0.1, -0.05) is 20.3 Å². The van der Waals surface area contributed by atoms with Gasteiger partial charge in [-0.05, 0) is 43.0 Å². The van der Waals surface area contributed by atoms with Gasteiger partial charge in [-0.2, -0.15) is 0 Å². The Hall–Kier alpha value is -2.51. The Bertz CT molecular complexity index is 1010. The van der Waals surface area contributed by atoms with Crippen LogP contribution >= 0.6 is 11.3 Å². The van der Waals surface area contributed by atoms with Gasteiger partial charge in [0.2, 0.25) is 0 Å². The number of aryl methyl sites for hydroxylation is 1. The molecule has 6 nitrogen and oxygen atoms in total. The zero-order chi connectivity index (χ0) is 20.4. The quantitative estimate of drug-likeness (QED) is 0.664. The maximum atomic E-state index is 12.9. The van der Waals surface area contributed by atoms with Gasteiger partial charge in [0.25, 0.3) is 5.91 Å². The molecule has 0 spiro atoms. The van der Waals surface area contributed by atoms with Gasteiger partial charge < -0.3 is 16.0 Å². The van der Waals surface area contributed by atoms with Crippen molar-refractivity contribution in [3.63, 3.8) is 0 Å². The molecule has 0 radical (unpaired) electrons. The van der Waals surface area contributed by atoms with E-state index in [2.05, 4.69) is 40.1 Å². The normalized spacial score (nSPS) is 19.5. The van der Waals surface area contributed by atoms with Crippen LogP contribution in [0.4, 0.5) is 11.4 Å². The maximum absolute atomic E-state index is 12.9. The summed E-state index contributed by atoms with van der Waals surface area (Å²) in [5.74, 6) is 0.286. The zero-order valence-electron chi connectivity index (χ0n) is 16.9. The van der Waals surface area contributed by atoms with E-state index in [0.717, 1.165) is 48.3 Å². The van der Waals surface area contributed by atoms with Crippen molar-refractivity contribution in [1.29, 1.82) is 0 Å². The second-order valence-corrected chi connectivity index (χ2v) is 9.06. The molecule has 2 unspecified atom stereocenters. The number of thiophene rings is 1. The summed E-state index contributed by atoms with van der Waals surface area (Å²) in [7, 11) is 0. The van der Waals surface area contributed by atoms with Crippen molar-refractivity contribution < 1.29 is 4.79 Å². The van der Waals surface area contributed by atoms with E-state index in [4.69, 9.17) is 5.73 Å². The van der Waals surface area contributed by atoms with E-state index >= 15 is 0 Å². The predicted octanol–water partition coefficient (Wildman–Crippen LogP) is 4.07. The van der Waals surface area contributed by atoms with Gasteiger partial charge in [0, 0.05) is 30.2 Å². The molecule has 4 rings (SSSR count). The van der Waals surface area contributed by atoms with Crippen LogP contribution in [0.3, 0.4) is 0 Å². The van der Waals surface area contributed by atoms with Crippen molar-refractivity contribution in [1.82, 2.24) is 9.97 Å². The SMILES string of the molecule is CCCc1cc2nc(C(=O)Nc3cnccc3N3CC(C)CC(N)C3)ccc2s1. The molecule has 3 aromatic heterocycles. The largest absolute Gasteiger partial charge is 0.368 e. The summed E-state index contributed by atoms with van der Waals surface area (Å²) in [6, 6.07) is 7.93. The van der Waals surface area contributed by atoms with E-state index in [-0.39, 0.29) is 11.9 Å². The summed E-state index contributed by atoms with van der Waals surface area (Å²) in [6.45, 7) is 6.06. The van der Waals surface area contributed by atoms with Crippen LogP contribution in [0.1, 0.15) is 42.1 Å². The summed E-state index contributed by atoms with van der Waals surface area (Å²) >= 11 is 1.75. The number of piperidine rings is 1.